The first-order valence-electron chi connectivity index (χ1n) is 8.24. The first kappa shape index (κ1) is 15.2. The Morgan fingerprint density at radius 3 is 2.68 bits per heavy atom. The summed E-state index contributed by atoms with van der Waals surface area (Å²) in [7, 11) is 0. The topological polar surface area (TPSA) is 58.5 Å². The zero-order valence-electron chi connectivity index (χ0n) is 14.0. The summed E-state index contributed by atoms with van der Waals surface area (Å²) in [5.74, 6) is 0. The van der Waals surface area contributed by atoms with Crippen LogP contribution in [0, 0.1) is 6.92 Å². The fourth-order valence-electron chi connectivity index (χ4n) is 2.72. The molecule has 0 aliphatic carbocycles. The van der Waals surface area contributed by atoms with Crippen LogP contribution in [0.15, 0.2) is 72.9 Å². The Morgan fingerprint density at radius 2 is 1.88 bits per heavy atom. The predicted octanol–water partition coefficient (Wildman–Crippen LogP) is 4.18. The number of aryl methyl sites for hydroxylation is 1. The van der Waals surface area contributed by atoms with Crippen molar-refractivity contribution < 1.29 is 0 Å². The first-order chi connectivity index (χ1) is 12.3. The Labute approximate surface area is 146 Å². The number of anilines is 1. The molecule has 25 heavy (non-hydrogen) atoms. The Kier molecular flexibility index (Phi) is 4.04. The van der Waals surface area contributed by atoms with E-state index in [4.69, 9.17) is 0 Å². The van der Waals surface area contributed by atoms with E-state index in [1.54, 1.807) is 0 Å². The largest absolute Gasteiger partial charge is 0.379 e. The van der Waals surface area contributed by atoms with E-state index in [0.29, 0.717) is 6.54 Å². The number of H-pyrrole nitrogens is 1. The van der Waals surface area contributed by atoms with E-state index in [2.05, 4.69) is 44.9 Å². The van der Waals surface area contributed by atoms with Crippen molar-refractivity contribution in [2.75, 3.05) is 5.32 Å². The van der Waals surface area contributed by atoms with Gasteiger partial charge in [-0.1, -0.05) is 36.4 Å². The minimum absolute atomic E-state index is 0.682. The summed E-state index contributed by atoms with van der Waals surface area (Å²) in [6.07, 6.45) is 1.97. The number of hydrogen-bond acceptors (Lipinski definition) is 3. The van der Waals surface area contributed by atoms with Crippen LogP contribution in [-0.4, -0.2) is 20.0 Å². The molecule has 5 nitrogen and oxygen atoms in total. The molecule has 0 saturated carbocycles. The molecule has 0 amide bonds. The minimum Gasteiger partial charge on any atom is -0.379 e. The lowest BCUT2D eigenvalue weighted by Gasteiger charge is -2.07. The van der Waals surface area contributed by atoms with Crippen LogP contribution in [0.1, 0.15) is 11.4 Å². The third kappa shape index (κ3) is 3.45. The summed E-state index contributed by atoms with van der Waals surface area (Å²) in [4.78, 5) is 0. The number of hydrogen-bond donors (Lipinski definition) is 2. The lowest BCUT2D eigenvalue weighted by atomic mass is 10.1. The van der Waals surface area contributed by atoms with E-state index < -0.39 is 0 Å². The van der Waals surface area contributed by atoms with Crippen LogP contribution < -0.4 is 5.32 Å². The monoisotopic (exact) mass is 329 g/mol. The number of aromatic amines is 1. The first-order valence-corrected chi connectivity index (χ1v) is 8.24. The third-order valence-electron chi connectivity index (χ3n) is 4.02. The summed E-state index contributed by atoms with van der Waals surface area (Å²) in [6, 6.07) is 22.4. The third-order valence-corrected chi connectivity index (χ3v) is 4.02. The molecule has 5 heteroatoms. The summed E-state index contributed by atoms with van der Waals surface area (Å²) in [6.45, 7) is 2.67. The molecule has 0 radical (unpaired) electrons. The molecule has 0 fully saturated rings. The summed E-state index contributed by atoms with van der Waals surface area (Å²) >= 11 is 0. The molecule has 0 bridgehead atoms. The van der Waals surface area contributed by atoms with Crippen molar-refractivity contribution in [3.63, 3.8) is 0 Å². The summed E-state index contributed by atoms with van der Waals surface area (Å²) in [5.41, 5.74) is 6.19. The van der Waals surface area contributed by atoms with Crippen LogP contribution in [0.4, 0.5) is 5.69 Å². The average Bonchev–Trinajstić information content (AvgIpc) is 3.30. The molecular weight excluding hydrogens is 310 g/mol. The van der Waals surface area contributed by atoms with Gasteiger partial charge in [0.1, 0.15) is 0 Å². The number of rotatable bonds is 5. The second kappa shape index (κ2) is 6.65. The Bertz CT molecular complexity index is 968. The van der Waals surface area contributed by atoms with Crippen molar-refractivity contribution >= 4 is 5.69 Å². The maximum absolute atomic E-state index is 4.45. The van der Waals surface area contributed by atoms with Crippen molar-refractivity contribution in [3.05, 3.63) is 84.3 Å². The van der Waals surface area contributed by atoms with E-state index in [-0.39, 0.29) is 0 Å². The average molecular weight is 329 g/mol. The molecule has 0 aliphatic rings. The van der Waals surface area contributed by atoms with Gasteiger partial charge < -0.3 is 5.32 Å². The SMILES string of the molecule is Cc1ccn(-c2cccc(NCc3cc(-c4ccccc4)n[nH]3)c2)n1. The van der Waals surface area contributed by atoms with Crippen molar-refractivity contribution in [2.24, 2.45) is 0 Å². The fourth-order valence-corrected chi connectivity index (χ4v) is 2.72. The van der Waals surface area contributed by atoms with Gasteiger partial charge in [-0.05, 0) is 37.3 Å². The normalized spacial score (nSPS) is 10.8. The van der Waals surface area contributed by atoms with Gasteiger partial charge in [-0.15, -0.1) is 0 Å². The number of benzene rings is 2. The second-order valence-electron chi connectivity index (χ2n) is 5.95. The van der Waals surface area contributed by atoms with Crippen molar-refractivity contribution in [1.82, 2.24) is 20.0 Å². The van der Waals surface area contributed by atoms with Crippen LogP contribution in [0.3, 0.4) is 0 Å². The highest BCUT2D eigenvalue weighted by molar-refractivity contribution is 5.59. The van der Waals surface area contributed by atoms with Gasteiger partial charge in [0.15, 0.2) is 0 Å². The van der Waals surface area contributed by atoms with Crippen LogP contribution in [0.25, 0.3) is 16.9 Å². The minimum atomic E-state index is 0.682. The maximum atomic E-state index is 4.45. The smallest absolute Gasteiger partial charge is 0.0924 e. The highest BCUT2D eigenvalue weighted by Gasteiger charge is 2.04. The van der Waals surface area contributed by atoms with Crippen molar-refractivity contribution in [1.29, 1.82) is 0 Å². The van der Waals surface area contributed by atoms with Crippen LogP contribution in [0.2, 0.25) is 0 Å². The zero-order valence-corrected chi connectivity index (χ0v) is 14.0. The van der Waals surface area contributed by atoms with Crippen LogP contribution >= 0.6 is 0 Å². The second-order valence-corrected chi connectivity index (χ2v) is 5.95. The molecule has 0 unspecified atom stereocenters. The van der Waals surface area contributed by atoms with Crippen LogP contribution in [-0.2, 0) is 6.54 Å². The zero-order chi connectivity index (χ0) is 17.1. The highest BCUT2D eigenvalue weighted by atomic mass is 15.3. The van der Waals surface area contributed by atoms with Crippen molar-refractivity contribution in [2.45, 2.75) is 13.5 Å². The Hall–Kier alpha value is -3.34. The van der Waals surface area contributed by atoms with E-state index in [9.17, 15) is 0 Å². The van der Waals surface area contributed by atoms with Gasteiger partial charge in [-0.25, -0.2) is 4.68 Å². The number of nitrogens with zero attached hydrogens (tertiary/aromatic N) is 3. The molecule has 2 N–H and O–H groups in total. The molecule has 2 heterocycles. The molecule has 0 atom stereocenters. The molecule has 124 valence electrons. The van der Waals surface area contributed by atoms with Gasteiger partial charge in [0.2, 0.25) is 0 Å². The predicted molar refractivity (Wildman–Crippen MR) is 99.7 cm³/mol. The number of aromatic nitrogens is 4. The highest BCUT2D eigenvalue weighted by Crippen LogP contribution is 2.18. The van der Waals surface area contributed by atoms with Gasteiger partial charge >= 0.3 is 0 Å². The van der Waals surface area contributed by atoms with Crippen molar-refractivity contribution in [3.8, 4) is 16.9 Å². The van der Waals surface area contributed by atoms with E-state index in [1.165, 1.54) is 0 Å². The quantitative estimate of drug-likeness (QED) is 0.577. The molecule has 2 aromatic heterocycles. The van der Waals surface area contributed by atoms with Crippen LogP contribution in [0.5, 0.6) is 0 Å². The Balaban J connectivity index is 1.46. The van der Waals surface area contributed by atoms with E-state index in [0.717, 1.165) is 34.0 Å². The lowest BCUT2D eigenvalue weighted by Crippen LogP contribution is -2.01. The molecular formula is C20H19N5. The fraction of sp³-hybridized carbons (Fsp3) is 0.100. The van der Waals surface area contributed by atoms with Gasteiger partial charge in [-0.3, -0.25) is 5.10 Å². The van der Waals surface area contributed by atoms with Gasteiger partial charge in [0.05, 0.1) is 29.3 Å². The maximum Gasteiger partial charge on any atom is 0.0924 e. The molecule has 0 spiro atoms. The van der Waals surface area contributed by atoms with Gasteiger partial charge in [0.25, 0.3) is 0 Å². The Morgan fingerprint density at radius 1 is 1.00 bits per heavy atom. The van der Waals surface area contributed by atoms with Gasteiger partial charge in [0, 0.05) is 17.4 Å². The summed E-state index contributed by atoms with van der Waals surface area (Å²) in [5, 5.41) is 15.4. The van der Waals surface area contributed by atoms with Gasteiger partial charge in [-0.2, -0.15) is 10.2 Å². The van der Waals surface area contributed by atoms with E-state index in [1.807, 2.05) is 60.3 Å². The standard InChI is InChI=1S/C20H19N5/c1-15-10-11-25(24-15)19-9-5-8-17(12-19)21-14-18-13-20(23-22-18)16-6-3-2-4-7-16/h2-13,21H,14H2,1H3,(H,22,23). The molecule has 4 aromatic rings. The molecule has 0 saturated heterocycles. The van der Waals surface area contributed by atoms with E-state index >= 15 is 0 Å². The molecule has 4 rings (SSSR count). The molecule has 0 aliphatic heterocycles. The lowest BCUT2D eigenvalue weighted by molar-refractivity contribution is 0.862. The summed E-state index contributed by atoms with van der Waals surface area (Å²) < 4.78 is 1.88. The number of nitrogens with one attached hydrogen (secondary N) is 2. The molecule has 2 aromatic carbocycles.